The van der Waals surface area contributed by atoms with E-state index < -0.39 is 0 Å². The van der Waals surface area contributed by atoms with Crippen LogP contribution >= 0.6 is 0 Å². The lowest BCUT2D eigenvalue weighted by molar-refractivity contribution is 0.412. The summed E-state index contributed by atoms with van der Waals surface area (Å²) >= 11 is 0. The second-order valence-corrected chi connectivity index (χ2v) is 3.08. The summed E-state index contributed by atoms with van der Waals surface area (Å²) in [7, 11) is 0. The van der Waals surface area contributed by atoms with Gasteiger partial charge >= 0.3 is 0 Å². The molecule has 78 valence electrons. The number of nitrogens with zero attached hydrogens (tertiary/aromatic N) is 3. The van der Waals surface area contributed by atoms with Crippen LogP contribution in [0.4, 0.5) is 11.6 Å². The van der Waals surface area contributed by atoms with Crippen molar-refractivity contribution in [2.75, 3.05) is 11.1 Å². The average molecular weight is 205 g/mol. The molecular formula is C9H11N5O. The first-order valence-electron chi connectivity index (χ1n) is 4.47. The lowest BCUT2D eigenvalue weighted by Crippen LogP contribution is -2.06. The van der Waals surface area contributed by atoms with Gasteiger partial charge in [-0.1, -0.05) is 5.16 Å². The average Bonchev–Trinajstić information content (AvgIpc) is 2.73. The molecule has 0 aliphatic rings. The fourth-order valence-electron chi connectivity index (χ4n) is 1.14. The van der Waals surface area contributed by atoms with Gasteiger partial charge in [0.15, 0.2) is 0 Å². The van der Waals surface area contributed by atoms with Gasteiger partial charge in [-0.3, -0.25) is 0 Å². The van der Waals surface area contributed by atoms with Crippen LogP contribution in [0.3, 0.4) is 0 Å². The molecule has 3 N–H and O–H groups in total. The van der Waals surface area contributed by atoms with Gasteiger partial charge in [-0.05, 0) is 6.92 Å². The zero-order chi connectivity index (χ0) is 10.7. The van der Waals surface area contributed by atoms with E-state index in [2.05, 4.69) is 20.4 Å². The highest BCUT2D eigenvalue weighted by Gasteiger charge is 2.04. The van der Waals surface area contributed by atoms with E-state index in [-0.39, 0.29) is 0 Å². The molecule has 0 aliphatic heterocycles. The number of nitrogens with two attached hydrogens (primary N) is 1. The predicted molar refractivity (Wildman–Crippen MR) is 55.0 cm³/mol. The van der Waals surface area contributed by atoms with E-state index in [1.165, 1.54) is 12.6 Å². The van der Waals surface area contributed by atoms with Crippen LogP contribution in [0.15, 0.2) is 23.2 Å². The van der Waals surface area contributed by atoms with Crippen molar-refractivity contribution in [1.82, 2.24) is 15.1 Å². The van der Waals surface area contributed by atoms with Crippen molar-refractivity contribution in [2.24, 2.45) is 0 Å². The Morgan fingerprint density at radius 2 is 2.33 bits per heavy atom. The minimum absolute atomic E-state index is 0.479. The predicted octanol–water partition coefficient (Wildman–Crippen LogP) is 0.967. The molecule has 0 aromatic carbocycles. The van der Waals surface area contributed by atoms with Crippen molar-refractivity contribution in [3.8, 4) is 0 Å². The van der Waals surface area contributed by atoms with Crippen molar-refractivity contribution in [3.05, 3.63) is 29.9 Å². The number of hydrogen-bond donors (Lipinski definition) is 2. The van der Waals surface area contributed by atoms with Crippen LogP contribution in [0.1, 0.15) is 11.3 Å². The number of aromatic nitrogens is 3. The SMILES string of the molecule is Cc1c(N)ncnc1NCc1ccon1. The molecule has 0 bridgehead atoms. The monoisotopic (exact) mass is 205 g/mol. The molecular weight excluding hydrogens is 194 g/mol. The van der Waals surface area contributed by atoms with Crippen LogP contribution in [0.2, 0.25) is 0 Å². The van der Waals surface area contributed by atoms with Crippen molar-refractivity contribution in [1.29, 1.82) is 0 Å². The Morgan fingerprint density at radius 1 is 1.47 bits per heavy atom. The Kier molecular flexibility index (Phi) is 2.49. The van der Waals surface area contributed by atoms with E-state index in [1.54, 1.807) is 6.07 Å². The van der Waals surface area contributed by atoms with E-state index in [0.29, 0.717) is 18.2 Å². The molecule has 6 heteroatoms. The Morgan fingerprint density at radius 3 is 3.07 bits per heavy atom. The highest BCUT2D eigenvalue weighted by molar-refractivity contribution is 5.53. The summed E-state index contributed by atoms with van der Waals surface area (Å²) in [5.74, 6) is 1.19. The second-order valence-electron chi connectivity index (χ2n) is 3.08. The summed E-state index contributed by atoms with van der Waals surface area (Å²) in [4.78, 5) is 7.95. The Bertz CT molecular complexity index is 440. The number of nitrogens with one attached hydrogen (secondary N) is 1. The van der Waals surface area contributed by atoms with E-state index in [4.69, 9.17) is 10.3 Å². The van der Waals surface area contributed by atoms with Gasteiger partial charge in [0.2, 0.25) is 0 Å². The number of hydrogen-bond acceptors (Lipinski definition) is 6. The third kappa shape index (κ3) is 2.04. The maximum absolute atomic E-state index is 5.64. The molecule has 0 unspecified atom stereocenters. The fraction of sp³-hybridized carbons (Fsp3) is 0.222. The van der Waals surface area contributed by atoms with Gasteiger partial charge in [-0.25, -0.2) is 9.97 Å². The number of nitrogen functional groups attached to an aromatic ring is 1. The van der Waals surface area contributed by atoms with Gasteiger partial charge in [-0.2, -0.15) is 0 Å². The minimum Gasteiger partial charge on any atom is -0.383 e. The summed E-state index contributed by atoms with van der Waals surface area (Å²) in [6.07, 6.45) is 2.95. The highest BCUT2D eigenvalue weighted by atomic mass is 16.5. The summed E-state index contributed by atoms with van der Waals surface area (Å²) < 4.78 is 4.71. The first-order valence-corrected chi connectivity index (χ1v) is 4.47. The van der Waals surface area contributed by atoms with Crippen molar-refractivity contribution in [2.45, 2.75) is 13.5 Å². The second kappa shape index (κ2) is 3.95. The molecule has 0 saturated carbocycles. The van der Waals surface area contributed by atoms with Crippen LogP contribution in [-0.2, 0) is 6.54 Å². The summed E-state index contributed by atoms with van der Waals surface area (Å²) in [5.41, 5.74) is 7.29. The van der Waals surface area contributed by atoms with Crippen LogP contribution in [0.5, 0.6) is 0 Å². The van der Waals surface area contributed by atoms with Crippen LogP contribution in [0.25, 0.3) is 0 Å². The Balaban J connectivity index is 2.08. The molecule has 0 spiro atoms. The zero-order valence-corrected chi connectivity index (χ0v) is 8.27. The zero-order valence-electron chi connectivity index (χ0n) is 8.27. The van der Waals surface area contributed by atoms with Gasteiger partial charge in [0.25, 0.3) is 0 Å². The molecule has 0 fully saturated rings. The van der Waals surface area contributed by atoms with Gasteiger partial charge in [0.1, 0.15) is 29.9 Å². The fourth-order valence-corrected chi connectivity index (χ4v) is 1.14. The highest BCUT2D eigenvalue weighted by Crippen LogP contribution is 2.15. The molecule has 6 nitrogen and oxygen atoms in total. The van der Waals surface area contributed by atoms with E-state index in [1.807, 2.05) is 6.92 Å². The Hall–Kier alpha value is -2.11. The largest absolute Gasteiger partial charge is 0.383 e. The molecule has 0 atom stereocenters. The summed E-state index contributed by atoms with van der Waals surface area (Å²) in [6.45, 7) is 2.41. The smallest absolute Gasteiger partial charge is 0.134 e. The minimum atomic E-state index is 0.479. The van der Waals surface area contributed by atoms with Crippen LogP contribution in [-0.4, -0.2) is 15.1 Å². The van der Waals surface area contributed by atoms with Gasteiger partial charge in [-0.15, -0.1) is 0 Å². The lowest BCUT2D eigenvalue weighted by atomic mass is 10.3. The molecule has 0 radical (unpaired) electrons. The van der Waals surface area contributed by atoms with Crippen molar-refractivity contribution >= 4 is 11.6 Å². The maximum atomic E-state index is 5.64. The molecule has 2 aromatic heterocycles. The standard InChI is InChI=1S/C9H11N5O/c1-6-8(10)12-5-13-9(6)11-4-7-2-3-15-14-7/h2-3,5H,4H2,1H3,(H3,10,11,12,13). The number of rotatable bonds is 3. The summed E-state index contributed by atoms with van der Waals surface area (Å²) in [5, 5.41) is 6.87. The van der Waals surface area contributed by atoms with Gasteiger partial charge in [0.05, 0.1) is 6.54 Å². The molecule has 0 saturated heterocycles. The topological polar surface area (TPSA) is 89.9 Å². The normalized spacial score (nSPS) is 10.2. The number of anilines is 2. The maximum Gasteiger partial charge on any atom is 0.134 e. The van der Waals surface area contributed by atoms with E-state index in [9.17, 15) is 0 Å². The van der Waals surface area contributed by atoms with Crippen LogP contribution < -0.4 is 11.1 Å². The van der Waals surface area contributed by atoms with Gasteiger partial charge in [0, 0.05) is 11.6 Å². The molecule has 2 aromatic rings. The quantitative estimate of drug-likeness (QED) is 0.775. The molecule has 0 amide bonds. The van der Waals surface area contributed by atoms with Crippen molar-refractivity contribution < 1.29 is 4.52 Å². The van der Waals surface area contributed by atoms with E-state index >= 15 is 0 Å². The van der Waals surface area contributed by atoms with Crippen LogP contribution in [0, 0.1) is 6.92 Å². The molecule has 15 heavy (non-hydrogen) atoms. The Labute approximate surface area is 86.5 Å². The first-order chi connectivity index (χ1) is 7.27. The molecule has 0 aliphatic carbocycles. The molecule has 2 rings (SSSR count). The first kappa shape index (κ1) is 9.45. The third-order valence-electron chi connectivity index (χ3n) is 2.05. The van der Waals surface area contributed by atoms with Crippen molar-refractivity contribution in [3.63, 3.8) is 0 Å². The summed E-state index contributed by atoms with van der Waals surface area (Å²) in [6, 6.07) is 1.78. The van der Waals surface area contributed by atoms with E-state index in [0.717, 1.165) is 11.3 Å². The van der Waals surface area contributed by atoms with Gasteiger partial charge < -0.3 is 15.6 Å². The lowest BCUT2D eigenvalue weighted by Gasteiger charge is -2.07. The molecule has 2 heterocycles. The third-order valence-corrected chi connectivity index (χ3v) is 2.05.